The molecule has 0 N–H and O–H groups in total. The van der Waals surface area contributed by atoms with Crippen molar-refractivity contribution in [2.24, 2.45) is 0 Å². The second-order valence-corrected chi connectivity index (χ2v) is 8.78. The number of halogens is 3. The van der Waals surface area contributed by atoms with Crippen molar-refractivity contribution >= 4 is 40.9 Å². The van der Waals surface area contributed by atoms with Crippen molar-refractivity contribution in [1.82, 2.24) is 4.90 Å². The van der Waals surface area contributed by atoms with E-state index >= 15 is 0 Å². The Bertz CT molecular complexity index is 699. The first-order valence-corrected chi connectivity index (χ1v) is 9.04. The highest BCUT2D eigenvalue weighted by molar-refractivity contribution is 6.68. The first kappa shape index (κ1) is 18.4. The van der Waals surface area contributed by atoms with E-state index in [4.69, 9.17) is 39.5 Å². The maximum Gasteiger partial charge on any atom is 0.411 e. The number of benzene rings is 2. The first-order chi connectivity index (χ1) is 11.7. The summed E-state index contributed by atoms with van der Waals surface area (Å²) >= 11 is 17.8. The predicted molar refractivity (Wildman–Crippen MR) is 101 cm³/mol. The van der Waals surface area contributed by atoms with Crippen molar-refractivity contribution in [3.8, 4) is 0 Å². The molecule has 0 spiro atoms. The van der Waals surface area contributed by atoms with Gasteiger partial charge in [-0.2, -0.15) is 0 Å². The van der Waals surface area contributed by atoms with Crippen LogP contribution in [0, 0.1) is 0 Å². The van der Waals surface area contributed by atoms with Crippen LogP contribution in [0.1, 0.15) is 37.1 Å². The molecular weight excluding hydrogens is 381 g/mol. The number of carbonyl (C=O) groups is 1. The molecule has 2 aromatic rings. The van der Waals surface area contributed by atoms with Gasteiger partial charge in [-0.25, -0.2) is 4.79 Å². The van der Waals surface area contributed by atoms with Crippen molar-refractivity contribution in [2.45, 2.75) is 35.3 Å². The zero-order chi connectivity index (χ0) is 18.2. The van der Waals surface area contributed by atoms with Crippen molar-refractivity contribution in [1.29, 1.82) is 0 Å². The number of hydrogen-bond donors (Lipinski definition) is 0. The maximum absolute atomic E-state index is 12.8. The summed E-state index contributed by atoms with van der Waals surface area (Å²) in [7, 11) is 0. The van der Waals surface area contributed by atoms with E-state index in [0.29, 0.717) is 0 Å². The van der Waals surface area contributed by atoms with E-state index in [-0.39, 0.29) is 12.1 Å². The molecule has 1 amide bonds. The van der Waals surface area contributed by atoms with Gasteiger partial charge in [0.1, 0.15) is 0 Å². The summed E-state index contributed by atoms with van der Waals surface area (Å²) in [5, 5.41) is 0. The van der Waals surface area contributed by atoms with E-state index in [2.05, 4.69) is 0 Å². The topological polar surface area (TPSA) is 29.3 Å². The number of hydrogen-bond acceptors (Lipinski definition) is 2. The second kappa shape index (κ2) is 6.71. The Morgan fingerprint density at radius 1 is 0.880 bits per heavy atom. The lowest BCUT2D eigenvalue weighted by molar-refractivity contribution is 0.0290. The number of ether oxygens (including phenoxy) is 1. The van der Waals surface area contributed by atoms with Gasteiger partial charge in [-0.15, -0.1) is 0 Å². The van der Waals surface area contributed by atoms with Gasteiger partial charge >= 0.3 is 6.09 Å². The van der Waals surface area contributed by atoms with Crippen LogP contribution in [0.4, 0.5) is 4.79 Å². The molecule has 3 rings (SSSR count). The molecule has 1 saturated heterocycles. The smallest absolute Gasteiger partial charge is 0.411 e. The SMILES string of the molecule is CC(C)(OC(=O)N1C(c2ccccc2)C1c1ccccc1)C(Cl)(Cl)Cl. The van der Waals surface area contributed by atoms with Gasteiger partial charge < -0.3 is 4.74 Å². The largest absolute Gasteiger partial charge is 0.439 e. The summed E-state index contributed by atoms with van der Waals surface area (Å²) in [6.07, 6.45) is -0.501. The molecule has 0 aromatic heterocycles. The quantitative estimate of drug-likeness (QED) is 0.464. The van der Waals surface area contributed by atoms with Crippen LogP contribution in [-0.2, 0) is 4.74 Å². The molecular formula is C19H18Cl3NO2. The number of alkyl halides is 3. The minimum Gasteiger partial charge on any atom is -0.439 e. The molecule has 3 nitrogen and oxygen atoms in total. The van der Waals surface area contributed by atoms with Crippen LogP contribution in [0.3, 0.4) is 0 Å². The maximum atomic E-state index is 12.8. The lowest BCUT2D eigenvalue weighted by atomic mass is 10.0. The molecule has 2 unspecified atom stereocenters. The highest BCUT2D eigenvalue weighted by Crippen LogP contribution is 2.55. The normalized spacial score (nSPS) is 20.3. The molecule has 0 bridgehead atoms. The van der Waals surface area contributed by atoms with Crippen molar-refractivity contribution in [3.05, 3.63) is 71.8 Å². The first-order valence-electron chi connectivity index (χ1n) is 7.90. The van der Waals surface area contributed by atoms with E-state index in [1.54, 1.807) is 18.7 Å². The molecule has 1 fully saturated rings. The van der Waals surface area contributed by atoms with E-state index in [9.17, 15) is 4.79 Å². The molecule has 6 heteroatoms. The van der Waals surface area contributed by atoms with Crippen LogP contribution < -0.4 is 0 Å². The van der Waals surface area contributed by atoms with E-state index in [1.165, 1.54) is 0 Å². The second-order valence-electron chi connectivity index (χ2n) is 6.49. The van der Waals surface area contributed by atoms with Gasteiger partial charge in [0, 0.05) is 0 Å². The van der Waals surface area contributed by atoms with E-state index in [0.717, 1.165) is 11.1 Å². The van der Waals surface area contributed by atoms with Crippen molar-refractivity contribution in [2.75, 3.05) is 0 Å². The molecule has 25 heavy (non-hydrogen) atoms. The summed E-state index contributed by atoms with van der Waals surface area (Å²) in [5.74, 6) is 0. The molecule has 2 aromatic carbocycles. The molecule has 0 radical (unpaired) electrons. The molecule has 0 saturated carbocycles. The Kier molecular flexibility index (Phi) is 4.93. The third-order valence-corrected chi connectivity index (χ3v) is 5.69. The molecule has 0 aliphatic carbocycles. The minimum atomic E-state index is -1.72. The van der Waals surface area contributed by atoms with Crippen LogP contribution in [-0.4, -0.2) is 20.4 Å². The summed E-state index contributed by atoms with van der Waals surface area (Å²) in [4.78, 5) is 14.4. The Morgan fingerprint density at radius 2 is 1.28 bits per heavy atom. The fourth-order valence-corrected chi connectivity index (χ4v) is 2.89. The Balaban J connectivity index is 1.86. The fourth-order valence-electron chi connectivity index (χ4n) is 2.77. The zero-order valence-corrected chi connectivity index (χ0v) is 16.1. The summed E-state index contributed by atoms with van der Waals surface area (Å²) < 4.78 is 3.80. The van der Waals surface area contributed by atoms with Crippen molar-refractivity contribution in [3.63, 3.8) is 0 Å². The van der Waals surface area contributed by atoms with Gasteiger partial charge in [-0.05, 0) is 25.0 Å². The van der Waals surface area contributed by atoms with Gasteiger partial charge in [-0.3, -0.25) is 4.90 Å². The average molecular weight is 399 g/mol. The van der Waals surface area contributed by atoms with Crippen LogP contribution in [0.25, 0.3) is 0 Å². The van der Waals surface area contributed by atoms with Crippen LogP contribution >= 0.6 is 34.8 Å². The third-order valence-electron chi connectivity index (χ3n) is 4.33. The van der Waals surface area contributed by atoms with E-state index < -0.39 is 15.5 Å². The van der Waals surface area contributed by atoms with Gasteiger partial charge in [0.05, 0.1) is 12.1 Å². The summed E-state index contributed by atoms with van der Waals surface area (Å²) in [6.45, 7) is 3.16. The molecule has 132 valence electrons. The number of nitrogens with zero attached hydrogens (tertiary/aromatic N) is 1. The minimum absolute atomic E-state index is 0.0951. The molecule has 1 aliphatic rings. The fraction of sp³-hybridized carbons (Fsp3) is 0.316. The van der Waals surface area contributed by atoms with Gasteiger partial charge in [-0.1, -0.05) is 95.5 Å². The van der Waals surface area contributed by atoms with Crippen molar-refractivity contribution < 1.29 is 9.53 Å². The summed E-state index contributed by atoms with van der Waals surface area (Å²) in [6, 6.07) is 19.5. The third kappa shape index (κ3) is 3.74. The number of carbonyl (C=O) groups excluding carboxylic acids is 1. The number of amides is 1. The molecule has 1 aliphatic heterocycles. The highest BCUT2D eigenvalue weighted by atomic mass is 35.6. The number of rotatable bonds is 3. The lowest BCUT2D eigenvalue weighted by Gasteiger charge is -2.32. The summed E-state index contributed by atoms with van der Waals surface area (Å²) in [5.41, 5.74) is 0.833. The van der Waals surface area contributed by atoms with Crippen LogP contribution in [0.15, 0.2) is 60.7 Å². The standard InChI is InChI=1S/C19H18Cl3NO2/c1-18(2,19(20,21)22)25-17(24)23-15(13-9-5-3-6-10-13)16(23)14-11-7-4-8-12-14/h3-12,15-16H,1-2H3. The average Bonchev–Trinajstić information content (AvgIpc) is 3.31. The Morgan fingerprint density at radius 3 is 1.64 bits per heavy atom. The Labute approximate surface area is 162 Å². The van der Waals surface area contributed by atoms with E-state index in [1.807, 2.05) is 60.7 Å². The highest BCUT2D eigenvalue weighted by Gasteiger charge is 2.56. The Hall–Kier alpha value is -1.42. The van der Waals surface area contributed by atoms with Gasteiger partial charge in [0.25, 0.3) is 0 Å². The molecule has 2 atom stereocenters. The van der Waals surface area contributed by atoms with Crippen LogP contribution in [0.2, 0.25) is 0 Å². The monoisotopic (exact) mass is 397 g/mol. The van der Waals surface area contributed by atoms with Gasteiger partial charge in [0.15, 0.2) is 5.60 Å². The lowest BCUT2D eigenvalue weighted by Crippen LogP contribution is -2.42. The van der Waals surface area contributed by atoms with Crippen LogP contribution in [0.5, 0.6) is 0 Å². The predicted octanol–water partition coefficient (Wildman–Crippen LogP) is 6.07. The van der Waals surface area contributed by atoms with Gasteiger partial charge in [0.2, 0.25) is 3.79 Å². The molecule has 1 heterocycles. The zero-order valence-electron chi connectivity index (χ0n) is 13.8.